The number of esters is 1. The van der Waals surface area contributed by atoms with Crippen LogP contribution < -0.4 is 0 Å². The number of carbonyl (C=O) groups excluding carboxylic acids is 1. The molecule has 0 atom stereocenters. The quantitative estimate of drug-likeness (QED) is 0.659. The van der Waals surface area contributed by atoms with Crippen molar-refractivity contribution in [3.63, 3.8) is 0 Å². The maximum absolute atomic E-state index is 10.9. The van der Waals surface area contributed by atoms with E-state index < -0.39 is 5.97 Å². The minimum atomic E-state index is -0.833. The van der Waals surface area contributed by atoms with E-state index in [1.807, 2.05) is 0 Å². The van der Waals surface area contributed by atoms with Crippen LogP contribution in [0.1, 0.15) is 39.0 Å². The second-order valence-corrected chi connectivity index (χ2v) is 3.38. The molecule has 0 aromatic rings. The molecule has 0 aliphatic heterocycles. The molecule has 1 rings (SSSR count). The molecule has 1 N–H and O–H groups in total. The van der Waals surface area contributed by atoms with Crippen LogP contribution in [0.25, 0.3) is 0 Å². The van der Waals surface area contributed by atoms with Crippen LogP contribution in [-0.4, -0.2) is 24.2 Å². The van der Waals surface area contributed by atoms with Gasteiger partial charge in [0.05, 0.1) is 13.0 Å². The first-order valence-corrected chi connectivity index (χ1v) is 4.85. The molecule has 0 radical (unpaired) electrons. The van der Waals surface area contributed by atoms with Gasteiger partial charge in [-0.1, -0.05) is 19.3 Å². The first kappa shape index (κ1) is 12.9. The summed E-state index contributed by atoms with van der Waals surface area (Å²) in [5, 5.41) is 7.42. The van der Waals surface area contributed by atoms with Crippen molar-refractivity contribution in [2.45, 2.75) is 39.0 Å². The van der Waals surface area contributed by atoms with Gasteiger partial charge in [-0.25, -0.2) is 0 Å². The largest absolute Gasteiger partial charge is 0.481 e. The standard InChI is InChI=1S/C8H14O2.C2H4O2/c1-10-8(9)7-5-3-2-4-6-7;1-2(3)4/h7H,2-6H2,1H3;1H3,(H,3,4). The maximum Gasteiger partial charge on any atom is 0.308 e. The molecule has 1 saturated carbocycles. The molecule has 1 aliphatic rings. The SMILES string of the molecule is CC(=O)O.COC(=O)C1CCCCC1. The molecule has 0 aromatic heterocycles. The normalized spacial score (nSPS) is 16.4. The third-order valence-corrected chi connectivity index (χ3v) is 2.14. The number of carboxylic acids is 1. The van der Waals surface area contributed by atoms with Crippen LogP contribution >= 0.6 is 0 Å². The molecule has 1 fully saturated rings. The lowest BCUT2D eigenvalue weighted by Crippen LogP contribution is -2.18. The van der Waals surface area contributed by atoms with E-state index in [4.69, 9.17) is 9.90 Å². The van der Waals surface area contributed by atoms with Gasteiger partial charge in [-0.15, -0.1) is 0 Å². The maximum atomic E-state index is 10.9. The number of rotatable bonds is 1. The number of hydrogen-bond acceptors (Lipinski definition) is 3. The molecule has 0 amide bonds. The lowest BCUT2D eigenvalue weighted by molar-refractivity contribution is -0.146. The van der Waals surface area contributed by atoms with Crippen molar-refractivity contribution in [1.82, 2.24) is 0 Å². The second kappa shape index (κ2) is 7.35. The lowest BCUT2D eigenvalue weighted by Gasteiger charge is -2.18. The fourth-order valence-electron chi connectivity index (χ4n) is 1.50. The molecule has 14 heavy (non-hydrogen) atoms. The van der Waals surface area contributed by atoms with Crippen molar-refractivity contribution < 1.29 is 19.4 Å². The predicted octanol–water partition coefficient (Wildman–Crippen LogP) is 1.83. The summed E-state index contributed by atoms with van der Waals surface area (Å²) in [6.07, 6.45) is 5.74. The Morgan fingerprint density at radius 1 is 1.21 bits per heavy atom. The number of methoxy groups -OCH3 is 1. The Morgan fingerprint density at radius 2 is 1.64 bits per heavy atom. The average molecular weight is 202 g/mol. The number of aliphatic carboxylic acids is 1. The molecule has 4 nitrogen and oxygen atoms in total. The Bertz CT molecular complexity index is 179. The van der Waals surface area contributed by atoms with E-state index in [0.717, 1.165) is 19.8 Å². The van der Waals surface area contributed by atoms with Gasteiger partial charge in [0, 0.05) is 6.92 Å². The van der Waals surface area contributed by atoms with E-state index in [-0.39, 0.29) is 11.9 Å². The molecule has 82 valence electrons. The van der Waals surface area contributed by atoms with Crippen molar-refractivity contribution in [2.24, 2.45) is 5.92 Å². The highest BCUT2D eigenvalue weighted by Crippen LogP contribution is 2.24. The Hall–Kier alpha value is -1.06. The van der Waals surface area contributed by atoms with Crippen LogP contribution in [0, 0.1) is 5.92 Å². The van der Waals surface area contributed by atoms with Gasteiger partial charge in [0.2, 0.25) is 0 Å². The molecule has 0 aromatic carbocycles. The number of ether oxygens (including phenoxy) is 1. The molecular weight excluding hydrogens is 184 g/mol. The van der Waals surface area contributed by atoms with Crippen LogP contribution in [0.2, 0.25) is 0 Å². The molecule has 0 saturated heterocycles. The summed E-state index contributed by atoms with van der Waals surface area (Å²) in [7, 11) is 1.47. The smallest absolute Gasteiger partial charge is 0.308 e. The summed E-state index contributed by atoms with van der Waals surface area (Å²) in [5.41, 5.74) is 0. The highest BCUT2D eigenvalue weighted by Gasteiger charge is 2.20. The van der Waals surface area contributed by atoms with Gasteiger partial charge in [-0.2, -0.15) is 0 Å². The molecule has 0 spiro atoms. The van der Waals surface area contributed by atoms with Crippen LogP contribution in [0.15, 0.2) is 0 Å². The highest BCUT2D eigenvalue weighted by molar-refractivity contribution is 5.72. The van der Waals surface area contributed by atoms with Gasteiger partial charge < -0.3 is 9.84 Å². The van der Waals surface area contributed by atoms with Gasteiger partial charge in [0.25, 0.3) is 5.97 Å². The third-order valence-electron chi connectivity index (χ3n) is 2.14. The van der Waals surface area contributed by atoms with Crippen LogP contribution in [0.5, 0.6) is 0 Å². The van der Waals surface area contributed by atoms with Crippen molar-refractivity contribution in [3.05, 3.63) is 0 Å². The second-order valence-electron chi connectivity index (χ2n) is 3.38. The Kier molecular flexibility index (Phi) is 6.80. The highest BCUT2D eigenvalue weighted by atomic mass is 16.5. The predicted molar refractivity (Wildman–Crippen MR) is 51.9 cm³/mol. The molecule has 4 heteroatoms. The lowest BCUT2D eigenvalue weighted by atomic mass is 9.89. The first-order valence-electron chi connectivity index (χ1n) is 4.85. The van der Waals surface area contributed by atoms with Crippen molar-refractivity contribution in [2.75, 3.05) is 7.11 Å². The third kappa shape index (κ3) is 6.46. The zero-order chi connectivity index (χ0) is 11.0. The number of carbonyl (C=O) groups is 2. The van der Waals surface area contributed by atoms with E-state index >= 15 is 0 Å². The fraction of sp³-hybridized carbons (Fsp3) is 0.800. The monoisotopic (exact) mass is 202 g/mol. The average Bonchev–Trinajstić information content (AvgIpc) is 2.17. The summed E-state index contributed by atoms with van der Waals surface area (Å²) >= 11 is 0. The Morgan fingerprint density at radius 3 is 2.00 bits per heavy atom. The van der Waals surface area contributed by atoms with Crippen LogP contribution in [0.3, 0.4) is 0 Å². The van der Waals surface area contributed by atoms with Crippen molar-refractivity contribution in [1.29, 1.82) is 0 Å². The van der Waals surface area contributed by atoms with E-state index in [1.165, 1.54) is 26.4 Å². The Labute approximate surface area is 84.3 Å². The molecule has 0 heterocycles. The van der Waals surface area contributed by atoms with Crippen molar-refractivity contribution in [3.8, 4) is 0 Å². The number of hydrogen-bond donors (Lipinski definition) is 1. The summed E-state index contributed by atoms with van der Waals surface area (Å²) < 4.78 is 4.65. The molecule has 0 unspecified atom stereocenters. The summed E-state index contributed by atoms with van der Waals surface area (Å²) in [6.45, 7) is 1.08. The van der Waals surface area contributed by atoms with Crippen molar-refractivity contribution >= 4 is 11.9 Å². The van der Waals surface area contributed by atoms with Crippen LogP contribution in [-0.2, 0) is 14.3 Å². The summed E-state index contributed by atoms with van der Waals surface area (Å²) in [5.74, 6) is -0.640. The fourth-order valence-corrected chi connectivity index (χ4v) is 1.50. The van der Waals surface area contributed by atoms with E-state index in [2.05, 4.69) is 4.74 Å². The van der Waals surface area contributed by atoms with E-state index in [0.29, 0.717) is 0 Å². The van der Waals surface area contributed by atoms with Gasteiger partial charge in [-0.3, -0.25) is 9.59 Å². The zero-order valence-electron chi connectivity index (χ0n) is 8.78. The van der Waals surface area contributed by atoms with Gasteiger partial charge >= 0.3 is 5.97 Å². The van der Waals surface area contributed by atoms with Crippen LogP contribution in [0.4, 0.5) is 0 Å². The molecule has 1 aliphatic carbocycles. The van der Waals surface area contributed by atoms with Gasteiger partial charge in [0.1, 0.15) is 0 Å². The van der Waals surface area contributed by atoms with E-state index in [9.17, 15) is 4.79 Å². The first-order chi connectivity index (χ1) is 6.57. The van der Waals surface area contributed by atoms with Gasteiger partial charge in [-0.05, 0) is 12.8 Å². The minimum absolute atomic E-state index is 0.0142. The number of carboxylic acid groups (broad SMARTS) is 1. The minimum Gasteiger partial charge on any atom is -0.481 e. The summed E-state index contributed by atoms with van der Waals surface area (Å²) in [6, 6.07) is 0. The topological polar surface area (TPSA) is 63.6 Å². The van der Waals surface area contributed by atoms with E-state index in [1.54, 1.807) is 0 Å². The molecular formula is C10H18O4. The Balaban J connectivity index is 0.000000364. The molecule has 0 bridgehead atoms. The summed E-state index contributed by atoms with van der Waals surface area (Å²) in [4.78, 5) is 19.9. The van der Waals surface area contributed by atoms with Gasteiger partial charge in [0.15, 0.2) is 0 Å². The zero-order valence-corrected chi connectivity index (χ0v) is 8.78.